The molecular formula is C20H21N5OS3. The largest absolute Gasteiger partial charge is 0.384 e. The SMILES string of the molecule is CCSc1nnc(N2C(N)=C(C#N)C(c3cc(C)sc3C)C3=C2CCCC3=O)s1. The number of nitrogens with two attached hydrogens (primary N) is 1. The molecule has 3 heterocycles. The van der Waals surface area contributed by atoms with Gasteiger partial charge in [-0.3, -0.25) is 9.69 Å². The van der Waals surface area contributed by atoms with E-state index in [1.807, 2.05) is 13.8 Å². The lowest BCUT2D eigenvalue weighted by Crippen LogP contribution is -2.38. The van der Waals surface area contributed by atoms with Gasteiger partial charge in [-0.1, -0.05) is 30.0 Å². The van der Waals surface area contributed by atoms with E-state index in [-0.39, 0.29) is 5.78 Å². The van der Waals surface area contributed by atoms with E-state index in [4.69, 9.17) is 5.73 Å². The number of aromatic nitrogens is 2. The fourth-order valence-electron chi connectivity index (χ4n) is 4.03. The van der Waals surface area contributed by atoms with E-state index in [0.717, 1.165) is 43.9 Å². The molecule has 2 N–H and O–H groups in total. The summed E-state index contributed by atoms with van der Waals surface area (Å²) in [6.07, 6.45) is 2.00. The van der Waals surface area contributed by atoms with Crippen LogP contribution in [-0.2, 0) is 4.79 Å². The molecular weight excluding hydrogens is 422 g/mol. The minimum atomic E-state index is -0.401. The van der Waals surface area contributed by atoms with E-state index < -0.39 is 5.92 Å². The van der Waals surface area contributed by atoms with Gasteiger partial charge < -0.3 is 5.73 Å². The first-order valence-electron chi connectivity index (χ1n) is 9.45. The lowest BCUT2D eigenvalue weighted by atomic mass is 9.76. The number of anilines is 1. The summed E-state index contributed by atoms with van der Waals surface area (Å²) >= 11 is 4.74. The highest BCUT2D eigenvalue weighted by atomic mass is 32.2. The lowest BCUT2D eigenvalue weighted by molar-refractivity contribution is -0.116. The Morgan fingerprint density at radius 3 is 2.79 bits per heavy atom. The molecule has 2 aliphatic rings. The van der Waals surface area contributed by atoms with Crippen LogP contribution in [0, 0.1) is 25.2 Å². The van der Waals surface area contributed by atoms with Gasteiger partial charge in [-0.05, 0) is 44.1 Å². The van der Waals surface area contributed by atoms with E-state index in [9.17, 15) is 10.1 Å². The predicted molar refractivity (Wildman–Crippen MR) is 118 cm³/mol. The van der Waals surface area contributed by atoms with Crippen molar-refractivity contribution < 1.29 is 4.79 Å². The summed E-state index contributed by atoms with van der Waals surface area (Å²) in [6, 6.07) is 4.39. The average molecular weight is 444 g/mol. The Labute approximate surface area is 182 Å². The summed E-state index contributed by atoms with van der Waals surface area (Å²) in [6.45, 7) is 6.14. The molecule has 0 fully saturated rings. The zero-order valence-electron chi connectivity index (χ0n) is 16.5. The summed E-state index contributed by atoms with van der Waals surface area (Å²) in [5.41, 5.74) is 9.55. The molecule has 1 unspecified atom stereocenters. The highest BCUT2D eigenvalue weighted by Gasteiger charge is 2.42. The maximum atomic E-state index is 13.1. The van der Waals surface area contributed by atoms with Crippen molar-refractivity contribution in [1.29, 1.82) is 5.26 Å². The Morgan fingerprint density at radius 2 is 2.14 bits per heavy atom. The van der Waals surface area contributed by atoms with Crippen molar-refractivity contribution in [3.05, 3.63) is 44.0 Å². The zero-order valence-corrected chi connectivity index (χ0v) is 18.9. The third-order valence-corrected chi connectivity index (χ3v) is 8.06. The molecule has 1 aliphatic heterocycles. The molecule has 0 radical (unpaired) electrons. The van der Waals surface area contributed by atoms with Crippen LogP contribution in [0.5, 0.6) is 0 Å². The Hall–Kier alpha value is -2.15. The normalized spacial score (nSPS) is 19.6. The second-order valence-corrected chi connectivity index (χ2v) is 10.9. The first-order valence-corrected chi connectivity index (χ1v) is 12.1. The number of carbonyl (C=O) groups excluding carboxylic acids is 1. The molecule has 0 saturated heterocycles. The van der Waals surface area contributed by atoms with Crippen LogP contribution in [0.2, 0.25) is 0 Å². The molecule has 6 nitrogen and oxygen atoms in total. The van der Waals surface area contributed by atoms with Crippen molar-refractivity contribution in [2.75, 3.05) is 10.7 Å². The van der Waals surface area contributed by atoms with Gasteiger partial charge in [0.15, 0.2) is 10.1 Å². The Morgan fingerprint density at radius 1 is 1.34 bits per heavy atom. The standard InChI is InChI=1S/C20H21N5OS3/c1-4-27-20-24-23-19(29-20)25-14-6-5-7-15(26)17(14)16(13(9-21)18(25)22)12-8-10(2)28-11(12)3/h8,16H,4-7,22H2,1-3H3. The molecule has 2 aromatic rings. The monoisotopic (exact) mass is 443 g/mol. The van der Waals surface area contributed by atoms with Crippen molar-refractivity contribution in [2.45, 2.75) is 50.3 Å². The topological polar surface area (TPSA) is 95.9 Å². The van der Waals surface area contributed by atoms with Crippen LogP contribution in [0.25, 0.3) is 0 Å². The van der Waals surface area contributed by atoms with Crippen LogP contribution < -0.4 is 10.6 Å². The van der Waals surface area contributed by atoms with Crippen LogP contribution in [0.1, 0.15) is 47.4 Å². The Balaban J connectivity index is 1.93. The van der Waals surface area contributed by atoms with Crippen molar-refractivity contribution in [1.82, 2.24) is 10.2 Å². The second kappa shape index (κ2) is 7.94. The zero-order chi connectivity index (χ0) is 20.7. The van der Waals surface area contributed by atoms with Crippen molar-refractivity contribution in [2.24, 2.45) is 5.73 Å². The molecule has 29 heavy (non-hydrogen) atoms. The average Bonchev–Trinajstić information content (AvgIpc) is 3.27. The number of nitriles is 1. The van der Waals surface area contributed by atoms with Crippen molar-refractivity contribution >= 4 is 45.4 Å². The highest BCUT2D eigenvalue weighted by molar-refractivity contribution is 8.01. The molecule has 0 bridgehead atoms. The predicted octanol–water partition coefficient (Wildman–Crippen LogP) is 4.63. The summed E-state index contributed by atoms with van der Waals surface area (Å²) in [5.74, 6) is 0.951. The van der Waals surface area contributed by atoms with Crippen LogP contribution in [-0.4, -0.2) is 21.7 Å². The van der Waals surface area contributed by atoms with Gasteiger partial charge in [0.2, 0.25) is 5.13 Å². The van der Waals surface area contributed by atoms with E-state index in [2.05, 4.69) is 29.3 Å². The second-order valence-electron chi connectivity index (χ2n) is 6.97. The maximum Gasteiger partial charge on any atom is 0.219 e. The number of ketones is 1. The third-order valence-electron chi connectivity index (χ3n) is 5.16. The van der Waals surface area contributed by atoms with Gasteiger partial charge in [-0.25, -0.2) is 0 Å². The minimum Gasteiger partial charge on any atom is -0.384 e. The number of aryl methyl sites for hydroxylation is 2. The number of rotatable bonds is 4. The van der Waals surface area contributed by atoms with E-state index >= 15 is 0 Å². The molecule has 9 heteroatoms. The molecule has 4 rings (SSSR count). The molecule has 1 atom stereocenters. The van der Waals surface area contributed by atoms with Crippen LogP contribution in [0.3, 0.4) is 0 Å². The number of thioether (sulfide) groups is 1. The molecule has 2 aromatic heterocycles. The number of carbonyl (C=O) groups is 1. The fourth-order valence-corrected chi connectivity index (χ4v) is 6.77. The summed E-state index contributed by atoms with van der Waals surface area (Å²) in [4.78, 5) is 17.2. The third kappa shape index (κ3) is 3.39. The summed E-state index contributed by atoms with van der Waals surface area (Å²) < 4.78 is 0.851. The lowest BCUT2D eigenvalue weighted by Gasteiger charge is -2.38. The van der Waals surface area contributed by atoms with Crippen molar-refractivity contribution in [3.8, 4) is 6.07 Å². The maximum absolute atomic E-state index is 13.1. The van der Waals surface area contributed by atoms with Gasteiger partial charge in [-0.15, -0.1) is 21.5 Å². The number of allylic oxidation sites excluding steroid dienone is 3. The van der Waals surface area contributed by atoms with E-state index in [1.54, 1.807) is 28.0 Å². The number of nitrogens with zero attached hydrogens (tertiary/aromatic N) is 4. The quantitative estimate of drug-likeness (QED) is 0.688. The number of thiophene rings is 1. The van der Waals surface area contributed by atoms with Crippen LogP contribution in [0.4, 0.5) is 5.13 Å². The van der Waals surface area contributed by atoms with Gasteiger partial charge in [0, 0.05) is 27.4 Å². The van der Waals surface area contributed by atoms with Gasteiger partial charge >= 0.3 is 0 Å². The summed E-state index contributed by atoms with van der Waals surface area (Å²) in [5, 5.41) is 19.2. The molecule has 0 spiro atoms. The van der Waals surface area contributed by atoms with Gasteiger partial charge in [0.05, 0.1) is 17.6 Å². The molecule has 1 aliphatic carbocycles. The van der Waals surface area contributed by atoms with Gasteiger partial charge in [0.1, 0.15) is 5.82 Å². The smallest absolute Gasteiger partial charge is 0.219 e. The molecule has 0 amide bonds. The fraction of sp³-hybridized carbons (Fsp3) is 0.400. The molecule has 0 aromatic carbocycles. The molecule has 0 saturated carbocycles. The molecule has 150 valence electrons. The van der Waals surface area contributed by atoms with Crippen LogP contribution >= 0.6 is 34.4 Å². The highest BCUT2D eigenvalue weighted by Crippen LogP contribution is 2.48. The summed E-state index contributed by atoms with van der Waals surface area (Å²) in [7, 11) is 0. The van der Waals surface area contributed by atoms with Crippen molar-refractivity contribution in [3.63, 3.8) is 0 Å². The Kier molecular flexibility index (Phi) is 5.51. The van der Waals surface area contributed by atoms with Gasteiger partial charge in [-0.2, -0.15) is 5.26 Å². The minimum absolute atomic E-state index is 0.0948. The Bertz CT molecular complexity index is 1090. The van der Waals surface area contributed by atoms with Gasteiger partial charge in [0.25, 0.3) is 0 Å². The number of Topliss-reactive ketones (excluding diaryl/α,β-unsaturated/α-hetero) is 1. The number of hydrogen-bond donors (Lipinski definition) is 1. The first kappa shape index (κ1) is 20.1. The number of hydrogen-bond acceptors (Lipinski definition) is 9. The van der Waals surface area contributed by atoms with E-state index in [1.165, 1.54) is 11.3 Å². The van der Waals surface area contributed by atoms with Crippen LogP contribution in [0.15, 0.2) is 33.1 Å². The first-order chi connectivity index (χ1) is 14.0. The van der Waals surface area contributed by atoms with E-state index in [0.29, 0.717) is 28.5 Å².